The lowest BCUT2D eigenvalue weighted by molar-refractivity contribution is -0.385. The van der Waals surface area contributed by atoms with Gasteiger partial charge in [-0.05, 0) is 12.5 Å². The predicted octanol–water partition coefficient (Wildman–Crippen LogP) is 5.77. The quantitative estimate of drug-likeness (QED) is 0.321. The molecular weight excluding hydrogens is 316 g/mol. The number of rotatable bonds is 8. The second kappa shape index (κ2) is 7.55. The Morgan fingerprint density at radius 1 is 1.00 bits per heavy atom. The molecule has 0 spiro atoms. The van der Waals surface area contributed by atoms with Crippen molar-refractivity contribution in [3.05, 3.63) is 46.5 Å². The van der Waals surface area contributed by atoms with Crippen molar-refractivity contribution >= 4 is 27.5 Å². The van der Waals surface area contributed by atoms with Gasteiger partial charge >= 0.3 is 5.69 Å². The van der Waals surface area contributed by atoms with Crippen LogP contribution in [0.15, 0.2) is 36.4 Å². The van der Waals surface area contributed by atoms with E-state index in [1.165, 1.54) is 44.2 Å². The van der Waals surface area contributed by atoms with Crippen molar-refractivity contribution in [2.75, 3.05) is 0 Å². The summed E-state index contributed by atoms with van der Waals surface area (Å²) in [7, 11) is 0. The molecule has 3 rings (SSSR count). The van der Waals surface area contributed by atoms with Gasteiger partial charge in [0.25, 0.3) is 0 Å². The number of nitro benzene ring substituents is 1. The molecule has 1 heterocycles. The van der Waals surface area contributed by atoms with E-state index in [4.69, 9.17) is 0 Å². The first-order chi connectivity index (χ1) is 12.1. The van der Waals surface area contributed by atoms with Crippen molar-refractivity contribution in [1.29, 1.82) is 0 Å². The Morgan fingerprint density at radius 3 is 2.48 bits per heavy atom. The van der Waals surface area contributed by atoms with Crippen molar-refractivity contribution in [3.63, 3.8) is 0 Å². The molecule has 0 saturated carbocycles. The van der Waals surface area contributed by atoms with Gasteiger partial charge in [-0.3, -0.25) is 10.1 Å². The van der Waals surface area contributed by atoms with Crippen LogP contribution in [0.2, 0.25) is 0 Å². The Labute approximate surface area is 147 Å². The molecule has 1 aromatic heterocycles. The molecule has 0 bridgehead atoms. The number of unbranched alkanes of at least 4 members (excludes halogenated alkanes) is 5. The highest BCUT2D eigenvalue weighted by Gasteiger charge is 2.19. The van der Waals surface area contributed by atoms with E-state index >= 15 is 0 Å². The number of aryl methyl sites for hydroxylation is 1. The molecule has 0 aliphatic carbocycles. The van der Waals surface area contributed by atoms with Crippen LogP contribution in [0.5, 0.6) is 5.75 Å². The van der Waals surface area contributed by atoms with E-state index in [0.717, 1.165) is 34.8 Å². The van der Waals surface area contributed by atoms with Crippen LogP contribution in [-0.2, 0) is 6.54 Å². The highest BCUT2D eigenvalue weighted by atomic mass is 16.6. The maximum Gasteiger partial charge on any atom is 0.311 e. The van der Waals surface area contributed by atoms with E-state index in [-0.39, 0.29) is 11.4 Å². The molecule has 0 aliphatic heterocycles. The summed E-state index contributed by atoms with van der Waals surface area (Å²) in [6.07, 6.45) is 7.28. The van der Waals surface area contributed by atoms with Crippen molar-refractivity contribution in [2.24, 2.45) is 0 Å². The van der Waals surface area contributed by atoms with Gasteiger partial charge in [-0.25, -0.2) is 0 Å². The third-order valence-corrected chi connectivity index (χ3v) is 4.80. The van der Waals surface area contributed by atoms with E-state index in [0.29, 0.717) is 0 Å². The van der Waals surface area contributed by atoms with E-state index < -0.39 is 4.92 Å². The van der Waals surface area contributed by atoms with Gasteiger partial charge < -0.3 is 9.67 Å². The lowest BCUT2D eigenvalue weighted by Gasteiger charge is -2.08. The van der Waals surface area contributed by atoms with Crippen LogP contribution >= 0.6 is 0 Å². The summed E-state index contributed by atoms with van der Waals surface area (Å²) < 4.78 is 2.17. The van der Waals surface area contributed by atoms with Crippen LogP contribution < -0.4 is 0 Å². The number of aromatic nitrogens is 1. The largest absolute Gasteiger partial charge is 0.502 e. The zero-order valence-corrected chi connectivity index (χ0v) is 14.6. The minimum atomic E-state index is -0.533. The number of hydrogen-bond donors (Lipinski definition) is 1. The van der Waals surface area contributed by atoms with Gasteiger partial charge in [-0.2, -0.15) is 0 Å². The predicted molar refractivity (Wildman–Crippen MR) is 101 cm³/mol. The van der Waals surface area contributed by atoms with Gasteiger partial charge in [-0.15, -0.1) is 0 Å². The Kier molecular flexibility index (Phi) is 5.22. The van der Waals surface area contributed by atoms with Crippen LogP contribution in [0, 0.1) is 10.1 Å². The van der Waals surface area contributed by atoms with E-state index in [1.54, 1.807) is 0 Å². The summed E-state index contributed by atoms with van der Waals surface area (Å²) >= 11 is 0. The SMILES string of the molecule is CCCCCCCCn1c2ccccc2c2cc([N+](=O)[O-])c(O)cc21. The topological polar surface area (TPSA) is 68.3 Å². The highest BCUT2D eigenvalue weighted by molar-refractivity contribution is 6.09. The fraction of sp³-hybridized carbons (Fsp3) is 0.400. The molecule has 0 unspecified atom stereocenters. The minimum absolute atomic E-state index is 0.241. The van der Waals surface area contributed by atoms with Gasteiger partial charge in [0.1, 0.15) is 0 Å². The van der Waals surface area contributed by atoms with Gasteiger partial charge in [0, 0.05) is 35.0 Å². The zero-order valence-electron chi connectivity index (χ0n) is 14.6. The summed E-state index contributed by atoms with van der Waals surface area (Å²) in [5.74, 6) is -0.274. The van der Waals surface area contributed by atoms with Gasteiger partial charge in [0.05, 0.1) is 10.4 Å². The van der Waals surface area contributed by atoms with Crippen LogP contribution in [0.4, 0.5) is 5.69 Å². The third-order valence-electron chi connectivity index (χ3n) is 4.80. The number of benzene rings is 2. The maximum absolute atomic E-state index is 11.1. The summed E-state index contributed by atoms with van der Waals surface area (Å²) in [5, 5.41) is 23.0. The second-order valence-electron chi connectivity index (χ2n) is 6.55. The number of hydrogen-bond acceptors (Lipinski definition) is 3. The standard InChI is InChI=1S/C20H24N2O3/c1-2-3-4-5-6-9-12-21-17-11-8-7-10-15(17)16-13-19(22(24)25)20(23)14-18(16)21/h7-8,10-11,13-14,23H,2-6,9,12H2,1H3. The number of phenols is 1. The van der Waals surface area contributed by atoms with Crippen LogP contribution in [-0.4, -0.2) is 14.6 Å². The summed E-state index contributed by atoms with van der Waals surface area (Å²) in [5.41, 5.74) is 1.68. The molecule has 0 radical (unpaired) electrons. The Hall–Kier alpha value is -2.56. The first-order valence-electron chi connectivity index (χ1n) is 9.01. The summed E-state index contributed by atoms with van der Waals surface area (Å²) in [6.45, 7) is 3.07. The molecule has 0 fully saturated rings. The molecule has 25 heavy (non-hydrogen) atoms. The molecule has 132 valence electrons. The maximum atomic E-state index is 11.1. The van der Waals surface area contributed by atoms with Crippen molar-refractivity contribution in [2.45, 2.75) is 52.0 Å². The van der Waals surface area contributed by atoms with Gasteiger partial charge in [0.15, 0.2) is 5.75 Å². The average Bonchev–Trinajstić information content (AvgIpc) is 2.90. The van der Waals surface area contributed by atoms with Gasteiger partial charge in [0.2, 0.25) is 0 Å². The molecule has 2 aromatic carbocycles. The smallest absolute Gasteiger partial charge is 0.311 e. The first kappa shape index (κ1) is 17.3. The average molecular weight is 340 g/mol. The Bertz CT molecular complexity index is 899. The van der Waals surface area contributed by atoms with Gasteiger partial charge in [-0.1, -0.05) is 57.2 Å². The fourth-order valence-corrected chi connectivity index (χ4v) is 3.51. The Balaban J connectivity index is 1.95. The van der Waals surface area contributed by atoms with E-state index in [1.807, 2.05) is 24.3 Å². The van der Waals surface area contributed by atoms with Crippen LogP contribution in [0.3, 0.4) is 0 Å². The molecule has 0 saturated heterocycles. The lowest BCUT2D eigenvalue weighted by Crippen LogP contribution is -1.98. The summed E-state index contributed by atoms with van der Waals surface area (Å²) in [4.78, 5) is 10.6. The van der Waals surface area contributed by atoms with Crippen molar-refractivity contribution in [1.82, 2.24) is 4.57 Å². The van der Waals surface area contributed by atoms with E-state index in [2.05, 4.69) is 11.5 Å². The number of aromatic hydroxyl groups is 1. The number of phenolic OH excluding ortho intramolecular Hbond substituents is 1. The normalized spacial score (nSPS) is 11.4. The molecular formula is C20H24N2O3. The van der Waals surface area contributed by atoms with Crippen molar-refractivity contribution < 1.29 is 10.0 Å². The highest BCUT2D eigenvalue weighted by Crippen LogP contribution is 2.37. The van der Waals surface area contributed by atoms with Crippen LogP contribution in [0.25, 0.3) is 21.8 Å². The fourth-order valence-electron chi connectivity index (χ4n) is 3.51. The number of para-hydroxylation sites is 1. The second-order valence-corrected chi connectivity index (χ2v) is 6.55. The molecule has 5 heteroatoms. The molecule has 0 atom stereocenters. The number of fused-ring (bicyclic) bond motifs is 3. The summed E-state index contributed by atoms with van der Waals surface area (Å²) in [6, 6.07) is 11.0. The van der Waals surface area contributed by atoms with Crippen LogP contribution in [0.1, 0.15) is 45.4 Å². The Morgan fingerprint density at radius 2 is 1.72 bits per heavy atom. The molecule has 0 aliphatic rings. The number of nitro groups is 1. The number of nitrogens with zero attached hydrogens (tertiary/aromatic N) is 2. The zero-order chi connectivity index (χ0) is 17.8. The molecule has 1 N–H and O–H groups in total. The molecule has 3 aromatic rings. The first-order valence-corrected chi connectivity index (χ1v) is 9.01. The lowest BCUT2D eigenvalue weighted by atomic mass is 10.1. The molecule has 5 nitrogen and oxygen atoms in total. The van der Waals surface area contributed by atoms with E-state index in [9.17, 15) is 15.2 Å². The minimum Gasteiger partial charge on any atom is -0.502 e. The molecule has 0 amide bonds. The monoisotopic (exact) mass is 340 g/mol. The van der Waals surface area contributed by atoms with Crippen molar-refractivity contribution in [3.8, 4) is 5.75 Å². The third kappa shape index (κ3) is 3.45.